The fourth-order valence-corrected chi connectivity index (χ4v) is 5.53. The van der Waals surface area contributed by atoms with Crippen molar-refractivity contribution >= 4 is 44.6 Å². The topological polar surface area (TPSA) is 90.5 Å². The van der Waals surface area contributed by atoms with Crippen molar-refractivity contribution in [2.24, 2.45) is 5.92 Å². The van der Waals surface area contributed by atoms with Crippen molar-refractivity contribution in [2.45, 2.75) is 43.4 Å². The Kier molecular flexibility index (Phi) is 6.41. The molecule has 2 heterocycles. The Morgan fingerprint density at radius 2 is 2.08 bits per heavy atom. The molecule has 1 fully saturated rings. The minimum atomic E-state index is -3.53. The highest BCUT2D eigenvalue weighted by atomic mass is 32.2. The molecule has 7 nitrogen and oxygen atoms in total. The second-order valence-corrected chi connectivity index (χ2v) is 10.5. The lowest BCUT2D eigenvalue weighted by atomic mass is 9.99. The molecule has 140 valence electrons. The highest BCUT2D eigenvalue weighted by Gasteiger charge is 2.33. The van der Waals surface area contributed by atoms with E-state index in [1.165, 1.54) is 15.6 Å². The fourth-order valence-electron chi connectivity index (χ4n) is 2.50. The van der Waals surface area contributed by atoms with E-state index in [9.17, 15) is 13.2 Å². The summed E-state index contributed by atoms with van der Waals surface area (Å²) in [5.74, 6) is -0.669. The van der Waals surface area contributed by atoms with Gasteiger partial charge in [0.25, 0.3) is 10.0 Å². The van der Waals surface area contributed by atoms with E-state index in [1.54, 1.807) is 17.5 Å². The monoisotopic (exact) mass is 404 g/mol. The van der Waals surface area contributed by atoms with Crippen LogP contribution in [0.1, 0.15) is 33.6 Å². The summed E-state index contributed by atoms with van der Waals surface area (Å²) in [6, 6.07) is 3.29. The molecule has 0 saturated carbocycles. The molecule has 1 aromatic heterocycles. The molecule has 1 aliphatic heterocycles. The molecule has 0 aliphatic carbocycles. The summed E-state index contributed by atoms with van der Waals surface area (Å²) < 4.78 is 26.9. The molecule has 1 atom stereocenters. The molecular weight excluding hydrogens is 380 g/mol. The highest BCUT2D eigenvalue weighted by Crippen LogP contribution is 2.26. The first-order chi connectivity index (χ1) is 11.6. The maximum atomic E-state index is 12.6. The van der Waals surface area contributed by atoms with Crippen LogP contribution in [0.25, 0.3) is 0 Å². The van der Waals surface area contributed by atoms with Gasteiger partial charge in [-0.25, -0.2) is 8.42 Å². The lowest BCUT2D eigenvalue weighted by Crippen LogP contribution is -2.54. The first-order valence-electron chi connectivity index (χ1n) is 8.01. The van der Waals surface area contributed by atoms with Gasteiger partial charge in [0.1, 0.15) is 4.21 Å². The van der Waals surface area contributed by atoms with Crippen molar-refractivity contribution in [2.75, 3.05) is 13.1 Å². The zero-order valence-corrected chi connectivity index (χ0v) is 17.0. The zero-order valence-electron chi connectivity index (χ0n) is 14.5. The normalized spacial score (nSPS) is 19.2. The fraction of sp³-hybridized carbons (Fsp3) is 0.600. The maximum absolute atomic E-state index is 12.6. The average Bonchev–Trinajstić information content (AvgIpc) is 3.06. The van der Waals surface area contributed by atoms with E-state index in [2.05, 4.69) is 16.2 Å². The second-order valence-electron chi connectivity index (χ2n) is 6.95. The van der Waals surface area contributed by atoms with Gasteiger partial charge in [-0.3, -0.25) is 15.6 Å². The first kappa shape index (κ1) is 20.1. The highest BCUT2D eigenvalue weighted by molar-refractivity contribution is 7.91. The number of carbonyl (C=O) groups is 1. The zero-order chi connectivity index (χ0) is 18.7. The predicted octanol–water partition coefficient (Wildman–Crippen LogP) is 1.44. The molecule has 25 heavy (non-hydrogen) atoms. The van der Waals surface area contributed by atoms with Crippen molar-refractivity contribution in [1.82, 2.24) is 20.5 Å². The van der Waals surface area contributed by atoms with Crippen LogP contribution in [0.3, 0.4) is 0 Å². The number of sulfonamides is 1. The Morgan fingerprint density at radius 3 is 2.68 bits per heavy atom. The van der Waals surface area contributed by atoms with E-state index in [1.807, 2.05) is 20.8 Å². The SMILES string of the molecule is CC(C)(C)NC(=S)NNC(=O)[C@@H]1CCCN(S(=O)(=O)c2cccs2)C1. The molecule has 0 unspecified atom stereocenters. The lowest BCUT2D eigenvalue weighted by molar-refractivity contribution is -0.126. The standard InChI is InChI=1S/C15H24N4O3S3/c1-15(2,3)16-14(23)18-17-13(20)11-6-4-8-19(10-11)25(21,22)12-7-5-9-24-12/h5,7,9,11H,4,6,8,10H2,1-3H3,(H,17,20)(H2,16,18,23)/t11-/m1/s1. The van der Waals surface area contributed by atoms with Crippen molar-refractivity contribution in [3.63, 3.8) is 0 Å². The Labute approximate surface area is 158 Å². The van der Waals surface area contributed by atoms with Crippen LogP contribution in [-0.4, -0.2) is 42.4 Å². The molecule has 0 spiro atoms. The predicted molar refractivity (Wildman–Crippen MR) is 103 cm³/mol. The summed E-state index contributed by atoms with van der Waals surface area (Å²) in [7, 11) is -3.53. The molecular formula is C15H24N4O3S3. The summed E-state index contributed by atoms with van der Waals surface area (Å²) >= 11 is 6.30. The summed E-state index contributed by atoms with van der Waals surface area (Å²) in [4.78, 5) is 12.3. The van der Waals surface area contributed by atoms with Crippen LogP contribution in [0.2, 0.25) is 0 Å². The molecule has 1 aliphatic rings. The molecule has 1 saturated heterocycles. The largest absolute Gasteiger partial charge is 0.357 e. The third-order valence-corrected chi connectivity index (χ3v) is 7.07. The number of carbonyl (C=O) groups excluding carboxylic acids is 1. The minimum absolute atomic E-state index is 0.174. The maximum Gasteiger partial charge on any atom is 0.252 e. The van der Waals surface area contributed by atoms with E-state index < -0.39 is 15.9 Å². The van der Waals surface area contributed by atoms with E-state index >= 15 is 0 Å². The van der Waals surface area contributed by atoms with Gasteiger partial charge in [-0.1, -0.05) is 6.07 Å². The molecule has 10 heteroatoms. The Hall–Kier alpha value is -1.23. The average molecular weight is 405 g/mol. The van der Waals surface area contributed by atoms with Gasteiger partial charge < -0.3 is 5.32 Å². The number of thiocarbonyl (C=S) groups is 1. The summed E-state index contributed by atoms with van der Waals surface area (Å²) in [5.41, 5.74) is 5.03. The van der Waals surface area contributed by atoms with Crippen LogP contribution in [0, 0.1) is 5.92 Å². The molecule has 3 N–H and O–H groups in total. The number of amides is 1. The van der Waals surface area contributed by atoms with Crippen LogP contribution in [-0.2, 0) is 14.8 Å². The lowest BCUT2D eigenvalue weighted by Gasteiger charge is -2.31. The van der Waals surface area contributed by atoms with Crippen molar-refractivity contribution in [1.29, 1.82) is 0 Å². The number of hydrogen-bond acceptors (Lipinski definition) is 5. The van der Waals surface area contributed by atoms with Crippen LogP contribution in [0.4, 0.5) is 0 Å². The number of hydrogen-bond donors (Lipinski definition) is 3. The van der Waals surface area contributed by atoms with Crippen LogP contribution in [0.15, 0.2) is 21.7 Å². The molecule has 1 aromatic rings. The van der Waals surface area contributed by atoms with Crippen molar-refractivity contribution < 1.29 is 13.2 Å². The molecule has 0 bridgehead atoms. The summed E-state index contributed by atoms with van der Waals surface area (Å²) in [6.45, 7) is 6.47. The van der Waals surface area contributed by atoms with Gasteiger partial charge >= 0.3 is 0 Å². The Bertz CT molecular complexity index is 711. The number of thiophene rings is 1. The molecule has 1 amide bonds. The van der Waals surface area contributed by atoms with Gasteiger partial charge in [-0.05, 0) is 57.3 Å². The van der Waals surface area contributed by atoms with E-state index in [0.29, 0.717) is 28.7 Å². The van der Waals surface area contributed by atoms with E-state index in [0.717, 1.165) is 0 Å². The number of hydrazine groups is 1. The minimum Gasteiger partial charge on any atom is -0.357 e. The molecule has 0 aromatic carbocycles. The van der Waals surface area contributed by atoms with Crippen LogP contribution < -0.4 is 16.2 Å². The van der Waals surface area contributed by atoms with Crippen molar-refractivity contribution in [3.8, 4) is 0 Å². The summed E-state index contributed by atoms with van der Waals surface area (Å²) in [6.07, 6.45) is 1.29. The number of rotatable bonds is 3. The number of piperidine rings is 1. The van der Waals surface area contributed by atoms with Gasteiger partial charge in [-0.2, -0.15) is 4.31 Å². The Balaban J connectivity index is 1.92. The van der Waals surface area contributed by atoms with Gasteiger partial charge in [0.05, 0.1) is 5.92 Å². The molecule has 0 radical (unpaired) electrons. The van der Waals surface area contributed by atoms with Crippen LogP contribution >= 0.6 is 23.6 Å². The van der Waals surface area contributed by atoms with E-state index in [-0.39, 0.29) is 18.0 Å². The van der Waals surface area contributed by atoms with Crippen LogP contribution in [0.5, 0.6) is 0 Å². The van der Waals surface area contributed by atoms with E-state index in [4.69, 9.17) is 12.2 Å². The number of nitrogens with zero attached hydrogens (tertiary/aromatic N) is 1. The van der Waals surface area contributed by atoms with Crippen molar-refractivity contribution in [3.05, 3.63) is 17.5 Å². The van der Waals surface area contributed by atoms with Gasteiger partial charge in [0.15, 0.2) is 5.11 Å². The van der Waals surface area contributed by atoms with Gasteiger partial charge in [-0.15, -0.1) is 11.3 Å². The quantitative estimate of drug-likeness (QED) is 0.522. The third-order valence-electron chi connectivity index (χ3n) is 3.63. The van der Waals surface area contributed by atoms with Gasteiger partial charge in [0.2, 0.25) is 5.91 Å². The Morgan fingerprint density at radius 1 is 1.36 bits per heavy atom. The number of nitrogens with one attached hydrogen (secondary N) is 3. The third kappa shape index (κ3) is 5.63. The molecule has 2 rings (SSSR count). The first-order valence-corrected chi connectivity index (χ1v) is 10.7. The van der Waals surface area contributed by atoms with Gasteiger partial charge in [0, 0.05) is 18.6 Å². The second kappa shape index (κ2) is 7.98. The smallest absolute Gasteiger partial charge is 0.252 e. The summed E-state index contributed by atoms with van der Waals surface area (Å²) in [5, 5.41) is 5.08.